The van der Waals surface area contributed by atoms with E-state index in [0.29, 0.717) is 19.5 Å². The Morgan fingerprint density at radius 2 is 1.77 bits per heavy atom. The highest BCUT2D eigenvalue weighted by atomic mass is 16.5. The van der Waals surface area contributed by atoms with Gasteiger partial charge in [0.1, 0.15) is 11.5 Å². The van der Waals surface area contributed by atoms with E-state index in [0.717, 1.165) is 23.5 Å². The number of benzene rings is 2. The number of hydrogen-bond acceptors (Lipinski definition) is 3. The molecule has 136 valence electrons. The highest BCUT2D eigenvalue weighted by molar-refractivity contribution is 5.76. The number of ether oxygens (including phenoxy) is 1. The van der Waals surface area contributed by atoms with Crippen LogP contribution in [0.25, 0.3) is 0 Å². The monoisotopic (exact) mass is 354 g/mol. The van der Waals surface area contributed by atoms with Gasteiger partial charge in [-0.3, -0.25) is 4.79 Å². The van der Waals surface area contributed by atoms with Crippen molar-refractivity contribution in [1.82, 2.24) is 10.2 Å². The lowest BCUT2D eigenvalue weighted by atomic mass is 9.99. The zero-order chi connectivity index (χ0) is 18.4. The fourth-order valence-electron chi connectivity index (χ4n) is 2.95. The quantitative estimate of drug-likeness (QED) is 0.861. The third-order valence-electron chi connectivity index (χ3n) is 4.40. The second-order valence-corrected chi connectivity index (χ2v) is 6.34. The fourth-order valence-corrected chi connectivity index (χ4v) is 2.95. The Labute approximate surface area is 152 Å². The molecule has 6 nitrogen and oxygen atoms in total. The Balaban J connectivity index is 1.50. The Morgan fingerprint density at radius 3 is 2.46 bits per heavy atom. The van der Waals surface area contributed by atoms with Crippen LogP contribution in [0.5, 0.6) is 11.5 Å². The topological polar surface area (TPSA) is 78.9 Å². The minimum Gasteiger partial charge on any atom is -0.481 e. The number of carboxylic acid groups (broad SMARTS) is 1. The van der Waals surface area contributed by atoms with Crippen molar-refractivity contribution >= 4 is 12.0 Å². The minimum atomic E-state index is -0.837. The minimum absolute atomic E-state index is 0.222. The van der Waals surface area contributed by atoms with Gasteiger partial charge >= 0.3 is 12.0 Å². The van der Waals surface area contributed by atoms with E-state index in [9.17, 15) is 9.59 Å². The molecular weight excluding hydrogens is 332 g/mol. The van der Waals surface area contributed by atoms with Gasteiger partial charge in [0.25, 0.3) is 0 Å². The third kappa shape index (κ3) is 4.75. The molecule has 1 aliphatic rings. The highest BCUT2D eigenvalue weighted by Gasteiger charge is 2.27. The van der Waals surface area contributed by atoms with Crippen LogP contribution < -0.4 is 10.1 Å². The van der Waals surface area contributed by atoms with Crippen molar-refractivity contribution in [3.8, 4) is 11.5 Å². The lowest BCUT2D eigenvalue weighted by molar-refractivity contribution is -0.143. The summed E-state index contributed by atoms with van der Waals surface area (Å²) in [5, 5.41) is 12.0. The molecule has 26 heavy (non-hydrogen) atoms. The first-order chi connectivity index (χ1) is 12.6. The largest absolute Gasteiger partial charge is 0.481 e. The number of aliphatic carboxylic acids is 1. The molecule has 2 N–H and O–H groups in total. The van der Waals surface area contributed by atoms with Crippen molar-refractivity contribution in [2.75, 3.05) is 13.1 Å². The molecule has 1 saturated heterocycles. The summed E-state index contributed by atoms with van der Waals surface area (Å²) in [5.74, 6) is 0.193. The Hall–Kier alpha value is -3.02. The van der Waals surface area contributed by atoms with Crippen LogP contribution in [0.15, 0.2) is 54.6 Å². The van der Waals surface area contributed by atoms with Gasteiger partial charge in [-0.1, -0.05) is 30.3 Å². The van der Waals surface area contributed by atoms with E-state index in [2.05, 4.69) is 5.32 Å². The van der Waals surface area contributed by atoms with Gasteiger partial charge in [-0.15, -0.1) is 0 Å². The third-order valence-corrected chi connectivity index (χ3v) is 4.40. The van der Waals surface area contributed by atoms with Crippen molar-refractivity contribution in [3.63, 3.8) is 0 Å². The normalized spacial score (nSPS) is 16.8. The van der Waals surface area contributed by atoms with Crippen LogP contribution >= 0.6 is 0 Å². The first-order valence-electron chi connectivity index (χ1n) is 8.69. The van der Waals surface area contributed by atoms with E-state index in [1.54, 1.807) is 4.90 Å². The molecule has 6 heteroatoms. The SMILES string of the molecule is O=C(O)C1CCCN(C(=O)NCc2ccc(Oc3ccccc3)cc2)C1. The van der Waals surface area contributed by atoms with Gasteiger partial charge in [-0.05, 0) is 42.7 Å². The number of carboxylic acids is 1. The first-order valence-corrected chi connectivity index (χ1v) is 8.69. The van der Waals surface area contributed by atoms with Gasteiger partial charge in [-0.25, -0.2) is 4.79 Å². The standard InChI is InChI=1S/C20H22N2O4/c23-19(24)16-5-4-12-22(14-16)20(25)21-13-15-8-10-18(11-9-15)26-17-6-2-1-3-7-17/h1-3,6-11,16H,4-5,12-14H2,(H,21,25)(H,23,24). The van der Waals surface area contributed by atoms with Gasteiger partial charge in [0.05, 0.1) is 5.92 Å². The number of piperidine rings is 1. The number of carbonyl (C=O) groups is 2. The van der Waals surface area contributed by atoms with Gasteiger partial charge in [0.2, 0.25) is 0 Å². The van der Waals surface area contributed by atoms with Crippen LogP contribution in [0.1, 0.15) is 18.4 Å². The summed E-state index contributed by atoms with van der Waals surface area (Å²) in [6.45, 7) is 1.25. The smallest absolute Gasteiger partial charge is 0.317 e. The lowest BCUT2D eigenvalue weighted by Gasteiger charge is -2.30. The molecule has 0 aliphatic carbocycles. The highest BCUT2D eigenvalue weighted by Crippen LogP contribution is 2.21. The summed E-state index contributed by atoms with van der Waals surface area (Å²) in [6, 6.07) is 16.8. The lowest BCUT2D eigenvalue weighted by Crippen LogP contribution is -2.46. The summed E-state index contributed by atoms with van der Waals surface area (Å²) < 4.78 is 5.74. The average molecular weight is 354 g/mol. The average Bonchev–Trinajstić information content (AvgIpc) is 2.68. The molecule has 0 bridgehead atoms. The van der Waals surface area contributed by atoms with Crippen molar-refractivity contribution in [3.05, 3.63) is 60.2 Å². The maximum Gasteiger partial charge on any atom is 0.317 e. The van der Waals surface area contributed by atoms with Crippen LogP contribution in [0.3, 0.4) is 0 Å². The van der Waals surface area contributed by atoms with Gasteiger partial charge < -0.3 is 20.1 Å². The van der Waals surface area contributed by atoms with Crippen LogP contribution in [0.4, 0.5) is 4.79 Å². The van der Waals surface area contributed by atoms with Crippen LogP contribution in [0, 0.1) is 5.92 Å². The summed E-state index contributed by atoms with van der Waals surface area (Å²) in [6.07, 6.45) is 1.35. The number of carbonyl (C=O) groups excluding carboxylic acids is 1. The molecule has 1 unspecified atom stereocenters. The molecule has 0 saturated carbocycles. The summed E-state index contributed by atoms with van der Waals surface area (Å²) in [7, 11) is 0. The predicted octanol–water partition coefficient (Wildman–Crippen LogP) is 3.49. The van der Waals surface area contributed by atoms with Gasteiger partial charge in [0.15, 0.2) is 0 Å². The molecule has 1 fully saturated rings. The van der Waals surface area contributed by atoms with Crippen molar-refractivity contribution in [2.45, 2.75) is 19.4 Å². The number of hydrogen-bond donors (Lipinski definition) is 2. The van der Waals surface area contributed by atoms with E-state index in [4.69, 9.17) is 9.84 Å². The molecule has 2 amide bonds. The van der Waals surface area contributed by atoms with E-state index < -0.39 is 11.9 Å². The number of rotatable bonds is 5. The number of para-hydroxylation sites is 1. The summed E-state index contributed by atoms with van der Waals surface area (Å²) >= 11 is 0. The molecule has 0 aromatic heterocycles. The molecule has 1 atom stereocenters. The van der Waals surface area contributed by atoms with Crippen molar-refractivity contribution in [2.24, 2.45) is 5.92 Å². The number of likely N-dealkylation sites (tertiary alicyclic amines) is 1. The molecule has 2 aromatic carbocycles. The van der Waals surface area contributed by atoms with Crippen molar-refractivity contribution in [1.29, 1.82) is 0 Å². The molecule has 0 radical (unpaired) electrons. The van der Waals surface area contributed by atoms with E-state index in [-0.39, 0.29) is 12.6 Å². The van der Waals surface area contributed by atoms with Crippen LogP contribution in [-0.2, 0) is 11.3 Å². The second-order valence-electron chi connectivity index (χ2n) is 6.34. The number of nitrogens with one attached hydrogen (secondary N) is 1. The molecule has 3 rings (SSSR count). The van der Waals surface area contributed by atoms with E-state index >= 15 is 0 Å². The van der Waals surface area contributed by atoms with Crippen molar-refractivity contribution < 1.29 is 19.4 Å². The molecule has 2 aromatic rings. The first kappa shape index (κ1) is 17.8. The Bertz CT molecular complexity index is 746. The Morgan fingerprint density at radius 1 is 1.08 bits per heavy atom. The van der Waals surface area contributed by atoms with Gasteiger partial charge in [0, 0.05) is 19.6 Å². The predicted molar refractivity (Wildman–Crippen MR) is 97.1 cm³/mol. The van der Waals surface area contributed by atoms with E-state index in [1.807, 2.05) is 54.6 Å². The summed E-state index contributed by atoms with van der Waals surface area (Å²) in [4.78, 5) is 24.9. The van der Waals surface area contributed by atoms with Crippen LogP contribution in [-0.4, -0.2) is 35.1 Å². The number of nitrogens with zero attached hydrogens (tertiary/aromatic N) is 1. The molecular formula is C20H22N2O4. The fraction of sp³-hybridized carbons (Fsp3) is 0.300. The Kier molecular flexibility index (Phi) is 5.73. The zero-order valence-corrected chi connectivity index (χ0v) is 14.4. The number of urea groups is 1. The second kappa shape index (κ2) is 8.38. The van der Waals surface area contributed by atoms with Crippen LogP contribution in [0.2, 0.25) is 0 Å². The maximum atomic E-state index is 12.2. The number of amides is 2. The zero-order valence-electron chi connectivity index (χ0n) is 14.4. The molecule has 0 spiro atoms. The maximum absolute atomic E-state index is 12.2. The molecule has 1 aliphatic heterocycles. The molecule has 1 heterocycles. The van der Waals surface area contributed by atoms with E-state index in [1.165, 1.54) is 0 Å². The summed E-state index contributed by atoms with van der Waals surface area (Å²) in [5.41, 5.74) is 0.950. The van der Waals surface area contributed by atoms with Gasteiger partial charge in [-0.2, -0.15) is 0 Å².